The molecule has 3 heterocycles. The molecular weight excluding hydrogens is 390 g/mol. The molecule has 0 radical (unpaired) electrons. The van der Waals surface area contributed by atoms with E-state index in [2.05, 4.69) is 39.8 Å². The highest BCUT2D eigenvalue weighted by molar-refractivity contribution is 6.00. The Bertz CT molecular complexity index is 802. The topological polar surface area (TPSA) is 90.7 Å². The third kappa shape index (κ3) is 4.49. The Morgan fingerprint density at radius 1 is 0.935 bits per heavy atom. The first-order valence-corrected chi connectivity index (χ1v) is 11.9. The number of hydrazine groups is 1. The van der Waals surface area contributed by atoms with Crippen molar-refractivity contribution >= 4 is 17.5 Å². The van der Waals surface area contributed by atoms with E-state index in [0.29, 0.717) is 30.3 Å². The van der Waals surface area contributed by atoms with Gasteiger partial charge in [-0.3, -0.25) is 20.7 Å². The van der Waals surface area contributed by atoms with Crippen LogP contribution in [0.4, 0.5) is 5.69 Å². The van der Waals surface area contributed by atoms with E-state index in [4.69, 9.17) is 5.84 Å². The van der Waals surface area contributed by atoms with E-state index in [1.807, 2.05) is 5.01 Å². The Kier molecular flexibility index (Phi) is 5.75. The molecule has 1 aromatic carbocycles. The lowest BCUT2D eigenvalue weighted by molar-refractivity contribution is -0.134. The van der Waals surface area contributed by atoms with E-state index in [-0.39, 0.29) is 17.7 Å². The van der Waals surface area contributed by atoms with E-state index in [1.54, 1.807) is 0 Å². The average Bonchev–Trinajstić information content (AvgIpc) is 2.75. The van der Waals surface area contributed by atoms with Crippen molar-refractivity contribution in [1.82, 2.24) is 15.6 Å². The first-order chi connectivity index (χ1) is 15.0. The summed E-state index contributed by atoms with van der Waals surface area (Å²) >= 11 is 0. The van der Waals surface area contributed by atoms with Crippen molar-refractivity contribution in [2.24, 2.45) is 11.3 Å². The Hall–Kier alpha value is -1.96. The van der Waals surface area contributed by atoms with Crippen molar-refractivity contribution in [3.63, 3.8) is 0 Å². The summed E-state index contributed by atoms with van der Waals surface area (Å²) in [5.74, 6) is 5.39. The fourth-order valence-corrected chi connectivity index (χ4v) is 6.08. The first-order valence-electron chi connectivity index (χ1n) is 11.9. The molecule has 168 valence electrons. The second kappa shape index (κ2) is 8.52. The molecule has 1 aliphatic carbocycles. The minimum Gasteiger partial charge on any atom is -0.371 e. The van der Waals surface area contributed by atoms with E-state index >= 15 is 0 Å². The molecular formula is C24H35N5O2. The summed E-state index contributed by atoms with van der Waals surface area (Å²) < 4.78 is 0. The highest BCUT2D eigenvalue weighted by Crippen LogP contribution is 2.49. The van der Waals surface area contributed by atoms with Gasteiger partial charge in [-0.05, 0) is 68.1 Å². The molecule has 3 aliphatic heterocycles. The van der Waals surface area contributed by atoms with Crippen LogP contribution in [-0.4, -0.2) is 55.1 Å². The van der Waals surface area contributed by atoms with Gasteiger partial charge in [0.05, 0.1) is 5.92 Å². The van der Waals surface area contributed by atoms with Gasteiger partial charge in [0, 0.05) is 50.4 Å². The van der Waals surface area contributed by atoms with Crippen LogP contribution in [0, 0.1) is 5.41 Å². The van der Waals surface area contributed by atoms with Gasteiger partial charge in [-0.15, -0.1) is 0 Å². The monoisotopic (exact) mass is 425 g/mol. The quantitative estimate of drug-likeness (QED) is 0.504. The van der Waals surface area contributed by atoms with Crippen LogP contribution in [0.15, 0.2) is 24.3 Å². The molecule has 4 aliphatic rings. The molecule has 31 heavy (non-hydrogen) atoms. The Morgan fingerprint density at radius 2 is 1.61 bits per heavy atom. The zero-order valence-electron chi connectivity index (χ0n) is 18.3. The zero-order chi connectivity index (χ0) is 21.4. The second-order valence-corrected chi connectivity index (χ2v) is 10.2. The van der Waals surface area contributed by atoms with Crippen LogP contribution in [0.5, 0.6) is 0 Å². The van der Waals surface area contributed by atoms with Crippen LogP contribution in [0.3, 0.4) is 0 Å². The largest absolute Gasteiger partial charge is 0.371 e. The maximum Gasteiger partial charge on any atom is 0.234 e. The predicted octanol–water partition coefficient (Wildman–Crippen LogP) is 1.88. The van der Waals surface area contributed by atoms with Gasteiger partial charge in [0.15, 0.2) is 0 Å². The number of imide groups is 1. The average molecular weight is 426 g/mol. The third-order valence-electron chi connectivity index (χ3n) is 8.08. The molecule has 7 heteroatoms. The van der Waals surface area contributed by atoms with E-state index in [0.717, 1.165) is 31.7 Å². The summed E-state index contributed by atoms with van der Waals surface area (Å²) in [5.41, 5.74) is 2.80. The molecule has 4 fully saturated rings. The van der Waals surface area contributed by atoms with Crippen LogP contribution >= 0.6 is 0 Å². The molecule has 1 unspecified atom stereocenters. The van der Waals surface area contributed by atoms with Gasteiger partial charge in [0.1, 0.15) is 0 Å². The molecule has 4 N–H and O–H groups in total. The predicted molar refractivity (Wildman–Crippen MR) is 120 cm³/mol. The fourth-order valence-electron chi connectivity index (χ4n) is 6.08. The fraction of sp³-hybridized carbons (Fsp3) is 0.667. The molecule has 5 rings (SSSR count). The van der Waals surface area contributed by atoms with Crippen LogP contribution in [0.25, 0.3) is 0 Å². The normalized spacial score (nSPS) is 27.9. The molecule has 3 saturated heterocycles. The number of nitrogens with one attached hydrogen (secondary N) is 2. The van der Waals surface area contributed by atoms with Crippen molar-refractivity contribution in [1.29, 1.82) is 0 Å². The van der Waals surface area contributed by atoms with Gasteiger partial charge in [-0.2, -0.15) is 0 Å². The lowest BCUT2D eigenvalue weighted by atomic mass is 9.60. The minimum absolute atomic E-state index is 0.160. The van der Waals surface area contributed by atoms with Crippen LogP contribution in [0.1, 0.15) is 62.8 Å². The summed E-state index contributed by atoms with van der Waals surface area (Å²) in [5, 5.41) is 8.35. The van der Waals surface area contributed by atoms with Gasteiger partial charge in [-0.1, -0.05) is 12.1 Å². The summed E-state index contributed by atoms with van der Waals surface area (Å²) in [6, 6.07) is 9.68. The molecule has 1 atom stereocenters. The van der Waals surface area contributed by atoms with E-state index < -0.39 is 0 Å². The summed E-state index contributed by atoms with van der Waals surface area (Å²) in [7, 11) is 0. The van der Waals surface area contributed by atoms with Crippen molar-refractivity contribution < 1.29 is 9.59 Å². The van der Waals surface area contributed by atoms with Crippen molar-refractivity contribution in [3.8, 4) is 0 Å². The Balaban J connectivity index is 1.08. The standard InChI is InChI=1S/C24H35N5O2/c25-29-13-9-24(10-14-29)15-19(16-24)26-18-7-11-28(12-8-18)20-3-1-17(2-4-20)21-5-6-22(30)27-23(21)31/h1-4,18-19,21,26H,5-16,25H2,(H,27,30,31). The van der Waals surface area contributed by atoms with Crippen LogP contribution in [-0.2, 0) is 9.59 Å². The number of carbonyl (C=O) groups excluding carboxylic acids is 2. The maximum atomic E-state index is 12.1. The Morgan fingerprint density at radius 3 is 2.26 bits per heavy atom. The number of nitrogens with zero attached hydrogens (tertiary/aromatic N) is 2. The molecule has 0 aromatic heterocycles. The highest BCUT2D eigenvalue weighted by atomic mass is 16.2. The minimum atomic E-state index is -0.204. The highest BCUT2D eigenvalue weighted by Gasteiger charge is 2.45. The Labute approximate surface area is 184 Å². The molecule has 1 spiro atoms. The molecule has 7 nitrogen and oxygen atoms in total. The summed E-state index contributed by atoms with van der Waals surface area (Å²) in [6.45, 7) is 4.23. The number of hydrogen-bond acceptors (Lipinski definition) is 6. The molecule has 1 aromatic rings. The number of amides is 2. The number of anilines is 1. The lowest BCUT2D eigenvalue weighted by Gasteiger charge is -2.53. The van der Waals surface area contributed by atoms with E-state index in [9.17, 15) is 9.59 Å². The number of hydrogen-bond donors (Lipinski definition) is 3. The molecule has 1 saturated carbocycles. The SMILES string of the molecule is NN1CCC2(CC1)CC(NC1CCN(c3ccc(C4CCC(=O)NC4=O)cc3)CC1)C2. The second-order valence-electron chi connectivity index (χ2n) is 10.2. The van der Waals surface area contributed by atoms with E-state index in [1.165, 1.54) is 44.2 Å². The van der Waals surface area contributed by atoms with Gasteiger partial charge < -0.3 is 10.2 Å². The third-order valence-corrected chi connectivity index (χ3v) is 8.08. The zero-order valence-corrected chi connectivity index (χ0v) is 18.3. The molecule has 2 amide bonds. The summed E-state index contributed by atoms with van der Waals surface area (Å²) in [6.07, 6.45) is 8.54. The van der Waals surface area contributed by atoms with Crippen LogP contribution < -0.4 is 21.4 Å². The van der Waals surface area contributed by atoms with Crippen molar-refractivity contribution in [3.05, 3.63) is 29.8 Å². The number of rotatable bonds is 4. The number of carbonyl (C=O) groups is 2. The van der Waals surface area contributed by atoms with Gasteiger partial charge >= 0.3 is 0 Å². The number of piperidine rings is 3. The van der Waals surface area contributed by atoms with Crippen molar-refractivity contribution in [2.45, 2.75) is 69.4 Å². The smallest absolute Gasteiger partial charge is 0.234 e. The number of nitrogens with two attached hydrogens (primary N) is 1. The lowest BCUT2D eigenvalue weighted by Crippen LogP contribution is -2.57. The first kappa shape index (κ1) is 20.9. The van der Waals surface area contributed by atoms with Crippen molar-refractivity contribution in [2.75, 3.05) is 31.1 Å². The van der Waals surface area contributed by atoms with Gasteiger partial charge in [-0.25, -0.2) is 5.01 Å². The van der Waals surface area contributed by atoms with Crippen LogP contribution in [0.2, 0.25) is 0 Å². The molecule has 0 bridgehead atoms. The van der Waals surface area contributed by atoms with Gasteiger partial charge in [0.25, 0.3) is 0 Å². The van der Waals surface area contributed by atoms with Gasteiger partial charge in [0.2, 0.25) is 11.8 Å². The maximum absolute atomic E-state index is 12.1. The number of benzene rings is 1. The summed E-state index contributed by atoms with van der Waals surface area (Å²) in [4.78, 5) is 25.9.